The van der Waals surface area contributed by atoms with Crippen LogP contribution >= 0.6 is 0 Å². The molecule has 0 saturated carbocycles. The molecule has 1 atom stereocenters. The molecule has 2 aromatic carbocycles. The Labute approximate surface area is 153 Å². The number of hydrogen-bond acceptors (Lipinski definition) is 4. The van der Waals surface area contributed by atoms with Crippen molar-refractivity contribution in [3.8, 4) is 6.07 Å². The molecular formula is C21H21N3O2. The molecule has 1 heterocycles. The van der Waals surface area contributed by atoms with Crippen LogP contribution in [0.3, 0.4) is 0 Å². The highest BCUT2D eigenvalue weighted by Crippen LogP contribution is 2.36. The third-order valence-corrected chi connectivity index (χ3v) is 4.64. The van der Waals surface area contributed by atoms with Crippen molar-refractivity contribution in [2.45, 2.75) is 33.2 Å². The van der Waals surface area contributed by atoms with Gasteiger partial charge in [0.2, 0.25) is 0 Å². The number of rotatable bonds is 3. The Morgan fingerprint density at radius 3 is 2.27 bits per heavy atom. The average Bonchev–Trinajstić information content (AvgIpc) is 3.07. The molecule has 0 saturated heterocycles. The van der Waals surface area contributed by atoms with Gasteiger partial charge in [0.1, 0.15) is 0 Å². The van der Waals surface area contributed by atoms with Gasteiger partial charge in [0.05, 0.1) is 34.6 Å². The zero-order valence-corrected chi connectivity index (χ0v) is 15.1. The fourth-order valence-electron chi connectivity index (χ4n) is 3.09. The van der Waals surface area contributed by atoms with Crippen LogP contribution < -0.4 is 5.01 Å². The van der Waals surface area contributed by atoms with Gasteiger partial charge in [-0.15, -0.1) is 0 Å². The van der Waals surface area contributed by atoms with Crippen molar-refractivity contribution >= 4 is 17.4 Å². The molecular weight excluding hydrogens is 326 g/mol. The maximum absolute atomic E-state index is 11.0. The molecule has 0 aromatic heterocycles. The lowest BCUT2D eigenvalue weighted by Crippen LogP contribution is -2.38. The van der Waals surface area contributed by atoms with Gasteiger partial charge in [0, 0.05) is 6.42 Å². The van der Waals surface area contributed by atoms with Gasteiger partial charge >= 0.3 is 5.97 Å². The fraction of sp³-hybridized carbons (Fsp3) is 0.286. The summed E-state index contributed by atoms with van der Waals surface area (Å²) in [5, 5.41) is 24.9. The molecule has 0 spiro atoms. The fourth-order valence-corrected chi connectivity index (χ4v) is 3.09. The molecule has 26 heavy (non-hydrogen) atoms. The minimum Gasteiger partial charge on any atom is -0.478 e. The number of aromatic carboxylic acids is 1. The van der Waals surface area contributed by atoms with Crippen LogP contribution in [0.15, 0.2) is 53.6 Å². The van der Waals surface area contributed by atoms with E-state index in [-0.39, 0.29) is 17.0 Å². The number of carboxylic acid groups (broad SMARTS) is 1. The number of anilines is 1. The minimum absolute atomic E-state index is 0.000154. The summed E-state index contributed by atoms with van der Waals surface area (Å²) in [6, 6.07) is 16.6. The quantitative estimate of drug-likeness (QED) is 0.899. The lowest BCUT2D eigenvalue weighted by Gasteiger charge is -2.34. The van der Waals surface area contributed by atoms with Gasteiger partial charge in [-0.05, 0) is 47.4 Å². The Hall–Kier alpha value is -3.13. The maximum atomic E-state index is 11.0. The zero-order chi connectivity index (χ0) is 18.9. The molecule has 2 aromatic rings. The van der Waals surface area contributed by atoms with Gasteiger partial charge in [0.25, 0.3) is 0 Å². The molecule has 0 aliphatic carbocycles. The summed E-state index contributed by atoms with van der Waals surface area (Å²) < 4.78 is 0. The van der Waals surface area contributed by atoms with Gasteiger partial charge in [-0.2, -0.15) is 10.4 Å². The molecule has 1 unspecified atom stereocenters. The van der Waals surface area contributed by atoms with E-state index in [2.05, 4.69) is 26.8 Å². The molecule has 5 nitrogen and oxygen atoms in total. The number of carboxylic acids is 1. The molecule has 5 heteroatoms. The van der Waals surface area contributed by atoms with E-state index >= 15 is 0 Å². The Morgan fingerprint density at radius 2 is 1.77 bits per heavy atom. The second-order valence-corrected chi connectivity index (χ2v) is 7.52. The summed E-state index contributed by atoms with van der Waals surface area (Å²) in [7, 11) is 0. The van der Waals surface area contributed by atoms with Crippen LogP contribution in [0.4, 0.5) is 5.69 Å². The predicted octanol–water partition coefficient (Wildman–Crippen LogP) is 4.29. The van der Waals surface area contributed by atoms with Crippen molar-refractivity contribution in [3.05, 3.63) is 65.2 Å². The van der Waals surface area contributed by atoms with Gasteiger partial charge in [-0.3, -0.25) is 5.01 Å². The molecule has 0 amide bonds. The first-order valence-corrected chi connectivity index (χ1v) is 8.50. The number of carbonyl (C=O) groups is 1. The molecule has 1 aliphatic heterocycles. The first-order valence-electron chi connectivity index (χ1n) is 8.50. The van der Waals surface area contributed by atoms with E-state index in [0.29, 0.717) is 5.56 Å². The Bertz CT molecular complexity index is 885. The van der Waals surface area contributed by atoms with Crippen LogP contribution in [0.5, 0.6) is 0 Å². The number of nitrogens with zero attached hydrogens (tertiary/aromatic N) is 3. The molecule has 132 valence electrons. The summed E-state index contributed by atoms with van der Waals surface area (Å²) in [5.41, 5.74) is 3.70. The third-order valence-electron chi connectivity index (χ3n) is 4.64. The van der Waals surface area contributed by atoms with Crippen molar-refractivity contribution in [2.75, 3.05) is 5.01 Å². The predicted molar refractivity (Wildman–Crippen MR) is 101 cm³/mol. The lowest BCUT2D eigenvalue weighted by atomic mass is 9.83. The van der Waals surface area contributed by atoms with E-state index in [4.69, 9.17) is 15.5 Å². The van der Waals surface area contributed by atoms with Gasteiger partial charge in [0.15, 0.2) is 0 Å². The summed E-state index contributed by atoms with van der Waals surface area (Å²) in [5.74, 6) is -0.934. The van der Waals surface area contributed by atoms with E-state index in [0.717, 1.165) is 23.4 Å². The summed E-state index contributed by atoms with van der Waals surface area (Å²) in [6.45, 7) is 6.54. The van der Waals surface area contributed by atoms with E-state index in [1.807, 2.05) is 29.3 Å². The highest BCUT2D eigenvalue weighted by Gasteiger charge is 2.37. The monoisotopic (exact) mass is 347 g/mol. The van der Waals surface area contributed by atoms with Crippen LogP contribution in [0.2, 0.25) is 0 Å². The number of hydrazone groups is 1. The Kier molecular flexibility index (Phi) is 4.52. The van der Waals surface area contributed by atoms with Crippen LogP contribution in [0, 0.1) is 16.7 Å². The third kappa shape index (κ3) is 3.45. The summed E-state index contributed by atoms with van der Waals surface area (Å²) >= 11 is 0. The zero-order valence-electron chi connectivity index (χ0n) is 15.1. The van der Waals surface area contributed by atoms with Gasteiger partial charge in [-0.25, -0.2) is 4.79 Å². The average molecular weight is 347 g/mol. The number of nitriles is 1. The van der Waals surface area contributed by atoms with Crippen molar-refractivity contribution in [1.82, 2.24) is 0 Å². The normalized spacial score (nSPS) is 16.9. The van der Waals surface area contributed by atoms with Gasteiger partial charge in [-0.1, -0.05) is 32.9 Å². The molecule has 1 N–H and O–H groups in total. The van der Waals surface area contributed by atoms with Crippen molar-refractivity contribution < 1.29 is 9.90 Å². The van der Waals surface area contributed by atoms with E-state index < -0.39 is 5.97 Å². The molecule has 0 bridgehead atoms. The summed E-state index contributed by atoms with van der Waals surface area (Å²) in [4.78, 5) is 11.0. The Balaban J connectivity index is 1.96. The van der Waals surface area contributed by atoms with E-state index in [9.17, 15) is 4.79 Å². The first kappa shape index (κ1) is 17.7. The van der Waals surface area contributed by atoms with Crippen LogP contribution in [-0.4, -0.2) is 22.8 Å². The van der Waals surface area contributed by atoms with Crippen molar-refractivity contribution in [3.63, 3.8) is 0 Å². The van der Waals surface area contributed by atoms with Crippen molar-refractivity contribution in [2.24, 2.45) is 10.5 Å². The van der Waals surface area contributed by atoms with E-state index in [1.165, 1.54) is 0 Å². The minimum atomic E-state index is -0.934. The number of hydrogen-bond donors (Lipinski definition) is 1. The maximum Gasteiger partial charge on any atom is 0.335 e. The highest BCUT2D eigenvalue weighted by atomic mass is 16.4. The first-order chi connectivity index (χ1) is 12.3. The number of benzene rings is 2. The Morgan fingerprint density at radius 1 is 1.15 bits per heavy atom. The molecule has 3 rings (SSSR count). The molecule has 0 radical (unpaired) electrons. The van der Waals surface area contributed by atoms with Crippen LogP contribution in [0.25, 0.3) is 0 Å². The largest absolute Gasteiger partial charge is 0.478 e. The smallest absolute Gasteiger partial charge is 0.335 e. The summed E-state index contributed by atoms with van der Waals surface area (Å²) in [6.07, 6.45) is 0.774. The lowest BCUT2D eigenvalue weighted by molar-refractivity contribution is 0.0697. The SMILES string of the molecule is CC(C)(C)C1CC(c2ccc(C(=O)O)cc2)=NN1c1ccc(C#N)cc1. The van der Waals surface area contributed by atoms with E-state index in [1.54, 1.807) is 24.3 Å². The molecule has 1 aliphatic rings. The highest BCUT2D eigenvalue weighted by molar-refractivity contribution is 6.03. The van der Waals surface area contributed by atoms with Crippen LogP contribution in [-0.2, 0) is 0 Å². The van der Waals surface area contributed by atoms with Crippen molar-refractivity contribution in [1.29, 1.82) is 5.26 Å². The second kappa shape index (κ2) is 6.64. The topological polar surface area (TPSA) is 76.7 Å². The van der Waals surface area contributed by atoms with Gasteiger partial charge < -0.3 is 5.11 Å². The second-order valence-electron chi connectivity index (χ2n) is 7.52. The molecule has 0 fully saturated rings. The van der Waals surface area contributed by atoms with Crippen LogP contribution in [0.1, 0.15) is 48.7 Å². The standard InChI is InChI=1S/C21H21N3O2/c1-21(2,3)19-12-18(15-6-8-16(9-7-15)20(25)26)23-24(19)17-10-4-14(13-22)5-11-17/h4-11,19H,12H2,1-3H3,(H,25,26).